The molecule has 1 aliphatic heterocycles. The van der Waals surface area contributed by atoms with Crippen molar-refractivity contribution in [3.05, 3.63) is 35.4 Å². The number of hydrogen-bond acceptors (Lipinski definition) is 3. The Morgan fingerprint density at radius 2 is 2.10 bits per heavy atom. The third-order valence-electron chi connectivity index (χ3n) is 5.07. The van der Waals surface area contributed by atoms with Crippen molar-refractivity contribution in [2.75, 3.05) is 13.2 Å². The summed E-state index contributed by atoms with van der Waals surface area (Å²) in [6.07, 6.45) is 1.72. The fraction of sp³-hybridized carbons (Fsp3) is 0.647. The van der Waals surface area contributed by atoms with E-state index in [1.165, 1.54) is 11.1 Å². The van der Waals surface area contributed by atoms with Gasteiger partial charge in [-0.15, -0.1) is 0 Å². The van der Waals surface area contributed by atoms with Crippen LogP contribution < -0.4 is 5.32 Å². The Kier molecular flexibility index (Phi) is 3.39. The molecular weight excluding hydrogens is 250 g/mol. The van der Waals surface area contributed by atoms with Gasteiger partial charge in [-0.1, -0.05) is 38.1 Å². The molecular formula is C17H25NO2. The fourth-order valence-electron chi connectivity index (χ4n) is 3.66. The minimum absolute atomic E-state index is 0.0882. The van der Waals surface area contributed by atoms with Crippen LogP contribution in [0.5, 0.6) is 0 Å². The lowest BCUT2D eigenvalue weighted by molar-refractivity contribution is -0.0297. The summed E-state index contributed by atoms with van der Waals surface area (Å²) in [7, 11) is 0. The highest BCUT2D eigenvalue weighted by atomic mass is 16.5. The topological polar surface area (TPSA) is 41.5 Å². The van der Waals surface area contributed by atoms with Crippen LogP contribution >= 0.6 is 0 Å². The zero-order chi connectivity index (χ0) is 14.4. The van der Waals surface area contributed by atoms with Gasteiger partial charge in [-0.2, -0.15) is 0 Å². The molecule has 3 rings (SSSR count). The van der Waals surface area contributed by atoms with Gasteiger partial charge >= 0.3 is 0 Å². The van der Waals surface area contributed by atoms with Gasteiger partial charge in [0.2, 0.25) is 0 Å². The third kappa shape index (κ3) is 2.28. The lowest BCUT2D eigenvalue weighted by Gasteiger charge is -2.33. The molecule has 1 aromatic rings. The highest BCUT2D eigenvalue weighted by Crippen LogP contribution is 2.45. The Labute approximate surface area is 121 Å². The van der Waals surface area contributed by atoms with Crippen LogP contribution in [0.15, 0.2) is 24.3 Å². The lowest BCUT2D eigenvalue weighted by atomic mass is 9.84. The third-order valence-corrected chi connectivity index (χ3v) is 5.07. The molecule has 110 valence electrons. The molecule has 0 amide bonds. The summed E-state index contributed by atoms with van der Waals surface area (Å²) in [5, 5.41) is 14.3. The Balaban J connectivity index is 1.77. The van der Waals surface area contributed by atoms with E-state index in [-0.39, 0.29) is 11.5 Å². The van der Waals surface area contributed by atoms with Crippen molar-refractivity contribution in [2.24, 2.45) is 5.41 Å². The summed E-state index contributed by atoms with van der Waals surface area (Å²) in [5.74, 6) is 0. The van der Waals surface area contributed by atoms with E-state index in [0.29, 0.717) is 19.2 Å². The van der Waals surface area contributed by atoms with Crippen LogP contribution in [0.4, 0.5) is 0 Å². The first-order chi connectivity index (χ1) is 9.42. The van der Waals surface area contributed by atoms with Crippen LogP contribution in [-0.4, -0.2) is 30.0 Å². The zero-order valence-corrected chi connectivity index (χ0v) is 12.6. The molecule has 3 unspecified atom stereocenters. The van der Waals surface area contributed by atoms with E-state index in [1.54, 1.807) is 0 Å². The second kappa shape index (κ2) is 4.83. The summed E-state index contributed by atoms with van der Waals surface area (Å²) in [4.78, 5) is 0. The van der Waals surface area contributed by atoms with Gasteiger partial charge < -0.3 is 15.2 Å². The molecule has 1 aliphatic carbocycles. The van der Waals surface area contributed by atoms with Crippen LogP contribution in [0.2, 0.25) is 0 Å². The van der Waals surface area contributed by atoms with Gasteiger partial charge in [0.05, 0.1) is 6.10 Å². The number of hydrogen-bond donors (Lipinski definition) is 2. The molecule has 0 bridgehead atoms. The number of aliphatic hydroxyl groups is 1. The number of benzene rings is 1. The van der Waals surface area contributed by atoms with Gasteiger partial charge in [0.15, 0.2) is 0 Å². The number of ether oxygens (including phenoxy) is 1. The second-order valence-corrected chi connectivity index (χ2v) is 7.04. The summed E-state index contributed by atoms with van der Waals surface area (Å²) in [6, 6.07) is 8.94. The largest absolute Gasteiger partial charge is 0.386 e. The number of rotatable bonds is 3. The molecule has 3 nitrogen and oxygen atoms in total. The molecule has 1 heterocycles. The molecule has 1 fully saturated rings. The average molecular weight is 275 g/mol. The van der Waals surface area contributed by atoms with E-state index < -0.39 is 5.60 Å². The fourth-order valence-corrected chi connectivity index (χ4v) is 3.66. The first-order valence-corrected chi connectivity index (χ1v) is 7.58. The second-order valence-electron chi connectivity index (χ2n) is 7.04. The predicted octanol–water partition coefficient (Wildman–Crippen LogP) is 2.44. The van der Waals surface area contributed by atoms with Crippen LogP contribution in [-0.2, 0) is 11.2 Å². The van der Waals surface area contributed by atoms with Crippen molar-refractivity contribution in [3.63, 3.8) is 0 Å². The molecule has 0 spiro atoms. The Morgan fingerprint density at radius 3 is 2.80 bits per heavy atom. The van der Waals surface area contributed by atoms with Crippen molar-refractivity contribution in [1.82, 2.24) is 5.32 Å². The summed E-state index contributed by atoms with van der Waals surface area (Å²) >= 11 is 0. The maximum absolute atomic E-state index is 10.7. The van der Waals surface area contributed by atoms with E-state index in [1.807, 2.05) is 6.92 Å². The maximum Gasteiger partial charge on any atom is 0.105 e. The summed E-state index contributed by atoms with van der Waals surface area (Å²) in [6.45, 7) is 7.80. The van der Waals surface area contributed by atoms with Gasteiger partial charge in [0.1, 0.15) is 5.60 Å². The minimum Gasteiger partial charge on any atom is -0.386 e. The lowest BCUT2D eigenvalue weighted by Crippen LogP contribution is -2.48. The maximum atomic E-state index is 10.7. The van der Waals surface area contributed by atoms with Crippen molar-refractivity contribution in [3.8, 4) is 0 Å². The van der Waals surface area contributed by atoms with Gasteiger partial charge in [-0.05, 0) is 29.9 Å². The Hall–Kier alpha value is -0.900. The van der Waals surface area contributed by atoms with Gasteiger partial charge in [-0.25, -0.2) is 0 Å². The van der Waals surface area contributed by atoms with Gasteiger partial charge in [-0.3, -0.25) is 0 Å². The average Bonchev–Trinajstić information content (AvgIpc) is 2.84. The van der Waals surface area contributed by atoms with Crippen molar-refractivity contribution in [1.29, 1.82) is 0 Å². The standard InChI is InChI=1S/C17H25NO2/c1-12-17(19,8-9-20-12)11-18-15-14-7-5-4-6-13(14)10-16(15,2)3/h4-7,12,15,18-19H,8-11H2,1-3H3. The highest BCUT2D eigenvalue weighted by molar-refractivity contribution is 5.37. The molecule has 0 aromatic heterocycles. The Bertz CT molecular complexity index is 500. The molecule has 2 aliphatic rings. The zero-order valence-electron chi connectivity index (χ0n) is 12.6. The monoisotopic (exact) mass is 275 g/mol. The molecule has 20 heavy (non-hydrogen) atoms. The van der Waals surface area contributed by atoms with Crippen LogP contribution in [0.3, 0.4) is 0 Å². The quantitative estimate of drug-likeness (QED) is 0.890. The SMILES string of the molecule is CC1OCCC1(O)CNC1c2ccccc2CC1(C)C. The van der Waals surface area contributed by atoms with E-state index in [0.717, 1.165) is 12.8 Å². The minimum atomic E-state index is -0.729. The molecule has 0 radical (unpaired) electrons. The van der Waals surface area contributed by atoms with Crippen molar-refractivity contribution in [2.45, 2.75) is 51.4 Å². The van der Waals surface area contributed by atoms with Gasteiger partial charge in [0, 0.05) is 25.6 Å². The first kappa shape index (κ1) is 14.1. The summed E-state index contributed by atoms with van der Waals surface area (Å²) in [5.41, 5.74) is 2.27. The molecule has 1 aromatic carbocycles. The van der Waals surface area contributed by atoms with E-state index in [9.17, 15) is 5.11 Å². The smallest absolute Gasteiger partial charge is 0.105 e. The van der Waals surface area contributed by atoms with Crippen molar-refractivity contribution < 1.29 is 9.84 Å². The molecule has 3 heteroatoms. The molecule has 0 saturated carbocycles. The molecule has 2 N–H and O–H groups in total. The normalized spacial score (nSPS) is 35.2. The predicted molar refractivity (Wildman–Crippen MR) is 79.7 cm³/mol. The van der Waals surface area contributed by atoms with E-state index in [4.69, 9.17) is 4.74 Å². The van der Waals surface area contributed by atoms with Crippen LogP contribution in [0.1, 0.15) is 44.4 Å². The van der Waals surface area contributed by atoms with Crippen LogP contribution in [0.25, 0.3) is 0 Å². The summed E-state index contributed by atoms with van der Waals surface area (Å²) < 4.78 is 5.52. The van der Waals surface area contributed by atoms with Crippen LogP contribution in [0, 0.1) is 5.41 Å². The molecule has 3 atom stereocenters. The first-order valence-electron chi connectivity index (χ1n) is 7.58. The number of nitrogens with one attached hydrogen (secondary N) is 1. The van der Waals surface area contributed by atoms with E-state index >= 15 is 0 Å². The van der Waals surface area contributed by atoms with Gasteiger partial charge in [0.25, 0.3) is 0 Å². The number of fused-ring (bicyclic) bond motifs is 1. The Morgan fingerprint density at radius 1 is 1.35 bits per heavy atom. The molecule has 1 saturated heterocycles. The van der Waals surface area contributed by atoms with Crippen molar-refractivity contribution >= 4 is 0 Å². The highest BCUT2D eigenvalue weighted by Gasteiger charge is 2.43. The van der Waals surface area contributed by atoms with E-state index in [2.05, 4.69) is 43.4 Å².